The van der Waals surface area contributed by atoms with Crippen LogP contribution >= 0.6 is 0 Å². The monoisotopic (exact) mass is 567 g/mol. The van der Waals surface area contributed by atoms with Gasteiger partial charge < -0.3 is 14.5 Å². The summed E-state index contributed by atoms with van der Waals surface area (Å²) in [6, 6.07) is 0. The molecule has 0 spiro atoms. The topological polar surface area (TPSA) is 32.8 Å². The van der Waals surface area contributed by atoms with E-state index in [1.54, 1.807) is 0 Å². The minimum Gasteiger partial charge on any atom is -0.462 e. The third-order valence-electron chi connectivity index (χ3n) is 8.35. The van der Waals surface area contributed by atoms with Crippen LogP contribution in [-0.4, -0.2) is 62.1 Å². The van der Waals surface area contributed by atoms with Crippen molar-refractivity contribution >= 4 is 5.97 Å². The molecular weight excluding hydrogens is 492 g/mol. The first-order valence-corrected chi connectivity index (χ1v) is 18.1. The van der Waals surface area contributed by atoms with Gasteiger partial charge in [0.15, 0.2) is 0 Å². The number of rotatable bonds is 32. The lowest BCUT2D eigenvalue weighted by atomic mass is 10.0. The molecule has 0 aromatic rings. The Morgan fingerprint density at radius 3 is 1.35 bits per heavy atom. The average molecular weight is 567 g/mol. The largest absolute Gasteiger partial charge is 0.462 e. The van der Waals surface area contributed by atoms with Gasteiger partial charge in [-0.25, -0.2) is 0 Å². The average Bonchev–Trinajstić information content (AvgIpc) is 2.93. The van der Waals surface area contributed by atoms with Gasteiger partial charge in [-0.2, -0.15) is 0 Å². The zero-order valence-corrected chi connectivity index (χ0v) is 28.3. The van der Waals surface area contributed by atoms with Gasteiger partial charge in [0.05, 0.1) is 0 Å². The summed E-state index contributed by atoms with van der Waals surface area (Å²) in [6.45, 7) is 11.6. The first-order chi connectivity index (χ1) is 19.5. The van der Waals surface area contributed by atoms with Crippen molar-refractivity contribution in [2.24, 2.45) is 0 Å². The molecule has 0 aliphatic rings. The van der Waals surface area contributed by atoms with Crippen molar-refractivity contribution in [3.8, 4) is 0 Å². The number of hydrogen-bond acceptors (Lipinski definition) is 4. The van der Waals surface area contributed by atoms with E-state index in [1.807, 2.05) is 0 Å². The van der Waals surface area contributed by atoms with Gasteiger partial charge in [0.25, 0.3) is 0 Å². The molecular formula is C36H74N2O2. The predicted octanol–water partition coefficient (Wildman–Crippen LogP) is 10.6. The van der Waals surface area contributed by atoms with Crippen LogP contribution in [0.3, 0.4) is 0 Å². The number of likely N-dealkylation sites (N-methyl/N-ethyl adjacent to an activating group) is 1. The standard InChI is InChI=1S/C36H74N2O2/c1-6-9-12-15-18-23-28-35(29-24-19-16-13-10-7-2)40-36(39)30-25-20-17-22-27-32-38(34-33-37(4)5)31-26-21-14-11-8-3/h35H,6-34H2,1-5H3. The number of hydrogen-bond donors (Lipinski definition) is 0. The van der Waals surface area contributed by atoms with Gasteiger partial charge in [-0.15, -0.1) is 0 Å². The van der Waals surface area contributed by atoms with E-state index >= 15 is 0 Å². The Hall–Kier alpha value is -0.610. The number of nitrogens with zero attached hydrogens (tertiary/aromatic N) is 2. The number of ether oxygens (including phenoxy) is 1. The highest BCUT2D eigenvalue weighted by molar-refractivity contribution is 5.69. The summed E-state index contributed by atoms with van der Waals surface area (Å²) in [5.41, 5.74) is 0. The Bertz CT molecular complexity index is 495. The first-order valence-electron chi connectivity index (χ1n) is 18.1. The molecule has 240 valence electrons. The Labute approximate surface area is 252 Å². The van der Waals surface area contributed by atoms with Crippen LogP contribution in [0.4, 0.5) is 0 Å². The molecule has 0 aliphatic heterocycles. The second kappa shape index (κ2) is 31.3. The van der Waals surface area contributed by atoms with Crippen LogP contribution in [0, 0.1) is 0 Å². The van der Waals surface area contributed by atoms with Crippen LogP contribution in [0.25, 0.3) is 0 Å². The van der Waals surface area contributed by atoms with E-state index in [-0.39, 0.29) is 12.1 Å². The van der Waals surface area contributed by atoms with Crippen molar-refractivity contribution in [3.05, 3.63) is 0 Å². The van der Waals surface area contributed by atoms with Crippen LogP contribution in [-0.2, 0) is 9.53 Å². The van der Waals surface area contributed by atoms with Gasteiger partial charge in [0, 0.05) is 19.5 Å². The summed E-state index contributed by atoms with van der Waals surface area (Å²) >= 11 is 0. The van der Waals surface area contributed by atoms with Gasteiger partial charge in [-0.1, -0.05) is 130 Å². The molecule has 0 bridgehead atoms. The van der Waals surface area contributed by atoms with E-state index in [4.69, 9.17) is 4.74 Å². The second-order valence-electron chi connectivity index (χ2n) is 12.8. The molecule has 0 atom stereocenters. The van der Waals surface area contributed by atoms with Gasteiger partial charge in [0.2, 0.25) is 0 Å². The maximum atomic E-state index is 12.6. The van der Waals surface area contributed by atoms with E-state index in [1.165, 1.54) is 148 Å². The minimum absolute atomic E-state index is 0.0555. The molecule has 4 nitrogen and oxygen atoms in total. The van der Waals surface area contributed by atoms with E-state index in [0.29, 0.717) is 6.42 Å². The van der Waals surface area contributed by atoms with Crippen molar-refractivity contribution in [1.29, 1.82) is 0 Å². The van der Waals surface area contributed by atoms with Crippen LogP contribution in [0.15, 0.2) is 0 Å². The van der Waals surface area contributed by atoms with Crippen molar-refractivity contribution in [1.82, 2.24) is 9.80 Å². The molecule has 0 N–H and O–H groups in total. The third kappa shape index (κ3) is 28.9. The maximum Gasteiger partial charge on any atom is 0.306 e. The van der Waals surface area contributed by atoms with Gasteiger partial charge in [-0.05, 0) is 72.1 Å². The molecule has 0 amide bonds. The minimum atomic E-state index is 0.0555. The second-order valence-corrected chi connectivity index (χ2v) is 12.8. The highest BCUT2D eigenvalue weighted by Crippen LogP contribution is 2.18. The lowest BCUT2D eigenvalue weighted by Crippen LogP contribution is -2.33. The molecule has 0 heterocycles. The van der Waals surface area contributed by atoms with Crippen molar-refractivity contribution in [2.45, 2.75) is 187 Å². The lowest BCUT2D eigenvalue weighted by molar-refractivity contribution is -0.150. The zero-order chi connectivity index (χ0) is 29.5. The Morgan fingerprint density at radius 2 is 0.900 bits per heavy atom. The molecule has 0 saturated heterocycles. The summed E-state index contributed by atoms with van der Waals surface area (Å²) in [4.78, 5) is 17.6. The van der Waals surface area contributed by atoms with E-state index in [2.05, 4.69) is 44.7 Å². The molecule has 0 aromatic carbocycles. The lowest BCUT2D eigenvalue weighted by Gasteiger charge is -2.24. The van der Waals surface area contributed by atoms with Crippen LogP contribution in [0.1, 0.15) is 181 Å². The van der Waals surface area contributed by atoms with Crippen molar-refractivity contribution in [3.63, 3.8) is 0 Å². The fourth-order valence-corrected chi connectivity index (χ4v) is 5.56. The van der Waals surface area contributed by atoms with Crippen molar-refractivity contribution < 1.29 is 9.53 Å². The molecule has 0 aromatic heterocycles. The number of esters is 1. The first kappa shape index (κ1) is 39.4. The molecule has 0 unspecified atom stereocenters. The maximum absolute atomic E-state index is 12.6. The highest BCUT2D eigenvalue weighted by atomic mass is 16.5. The molecule has 0 rings (SSSR count). The third-order valence-corrected chi connectivity index (χ3v) is 8.35. The molecule has 40 heavy (non-hydrogen) atoms. The van der Waals surface area contributed by atoms with Gasteiger partial charge in [0.1, 0.15) is 6.10 Å². The molecule has 0 aliphatic carbocycles. The zero-order valence-electron chi connectivity index (χ0n) is 28.3. The molecule has 4 heteroatoms. The van der Waals surface area contributed by atoms with Crippen LogP contribution < -0.4 is 0 Å². The summed E-state index contributed by atoms with van der Waals surface area (Å²) < 4.78 is 6.02. The number of unbranched alkanes of at least 4 members (excludes halogenated alkanes) is 18. The summed E-state index contributed by atoms with van der Waals surface area (Å²) in [5, 5.41) is 0. The van der Waals surface area contributed by atoms with Crippen LogP contribution in [0.2, 0.25) is 0 Å². The Balaban J connectivity index is 4.16. The SMILES string of the molecule is CCCCCCCCC(CCCCCCCC)OC(=O)CCCCCCCN(CCCCCCC)CCN(C)C. The Kier molecular flexibility index (Phi) is 30.9. The highest BCUT2D eigenvalue weighted by Gasteiger charge is 2.14. The molecule has 0 radical (unpaired) electrons. The summed E-state index contributed by atoms with van der Waals surface area (Å²) in [5.74, 6) is 0.0555. The van der Waals surface area contributed by atoms with Gasteiger partial charge in [-0.3, -0.25) is 4.79 Å². The van der Waals surface area contributed by atoms with E-state index in [9.17, 15) is 4.79 Å². The summed E-state index contributed by atoms with van der Waals surface area (Å²) in [7, 11) is 4.35. The molecule has 0 saturated carbocycles. The fraction of sp³-hybridized carbons (Fsp3) is 0.972. The summed E-state index contributed by atoms with van der Waals surface area (Å²) in [6.07, 6.45) is 31.3. The predicted molar refractivity (Wildman–Crippen MR) is 177 cm³/mol. The Morgan fingerprint density at radius 1 is 0.500 bits per heavy atom. The van der Waals surface area contributed by atoms with E-state index in [0.717, 1.165) is 32.2 Å². The van der Waals surface area contributed by atoms with Gasteiger partial charge >= 0.3 is 5.97 Å². The molecule has 0 fully saturated rings. The van der Waals surface area contributed by atoms with Crippen molar-refractivity contribution in [2.75, 3.05) is 40.3 Å². The fourth-order valence-electron chi connectivity index (χ4n) is 5.56. The number of carbonyl (C=O) groups is 1. The normalized spacial score (nSPS) is 11.8. The van der Waals surface area contributed by atoms with E-state index < -0.39 is 0 Å². The smallest absolute Gasteiger partial charge is 0.306 e. The van der Waals surface area contributed by atoms with Crippen LogP contribution in [0.5, 0.6) is 0 Å². The number of carbonyl (C=O) groups excluding carboxylic acids is 1. The quantitative estimate of drug-likeness (QED) is 0.0599.